The standard InChI is InChI=1S/C28H33N3O17S5/c32-23-8-9-24(33)31(23)48-25(34)5-2-1-3-11-30(12-4-13-50(36,37)29-10-14-51(38,39)40)19-7-6-18-15-20(28(35)47-21(18)16-19)27-22(52(41,42)43)17-26(49-27)53(44,45)46/h6-7,15-17,29H,1-5,8-14H2,(H,38,39,40)(H,41,42,43)(H,44,45,46). The van der Waals surface area contributed by atoms with E-state index in [1.807, 2.05) is 0 Å². The average Bonchev–Trinajstić information content (AvgIpc) is 3.63. The first-order valence-corrected chi connectivity index (χ1v) is 22.4. The molecule has 1 aromatic carbocycles. The van der Waals surface area contributed by atoms with Gasteiger partial charge in [0.15, 0.2) is 0 Å². The second kappa shape index (κ2) is 16.7. The summed E-state index contributed by atoms with van der Waals surface area (Å²) < 4.78 is 129. The summed E-state index contributed by atoms with van der Waals surface area (Å²) in [4.78, 5) is 53.7. The van der Waals surface area contributed by atoms with Crippen molar-refractivity contribution in [1.82, 2.24) is 9.79 Å². The maximum absolute atomic E-state index is 13.1. The molecule has 0 unspecified atom stereocenters. The Kier molecular flexibility index (Phi) is 13.2. The fourth-order valence-corrected chi connectivity index (χ4v) is 9.57. The molecule has 1 fully saturated rings. The van der Waals surface area contributed by atoms with Gasteiger partial charge >= 0.3 is 21.7 Å². The molecule has 0 atom stereocenters. The monoisotopic (exact) mass is 843 g/mol. The molecule has 1 aliphatic heterocycles. The van der Waals surface area contributed by atoms with Crippen LogP contribution in [0.5, 0.6) is 0 Å². The summed E-state index contributed by atoms with van der Waals surface area (Å²) in [5.41, 5.74) is -1.15. The van der Waals surface area contributed by atoms with Gasteiger partial charge in [0, 0.05) is 56.0 Å². The number of sulfonamides is 1. The van der Waals surface area contributed by atoms with Gasteiger partial charge < -0.3 is 14.2 Å². The van der Waals surface area contributed by atoms with Gasteiger partial charge in [0.2, 0.25) is 10.0 Å². The quantitative estimate of drug-likeness (QED) is 0.0570. The molecule has 0 spiro atoms. The van der Waals surface area contributed by atoms with E-state index in [0.29, 0.717) is 36.1 Å². The lowest BCUT2D eigenvalue weighted by molar-refractivity contribution is -0.197. The zero-order valence-electron chi connectivity index (χ0n) is 27.4. The van der Waals surface area contributed by atoms with Gasteiger partial charge in [-0.05, 0) is 43.5 Å². The summed E-state index contributed by atoms with van der Waals surface area (Å²) in [6, 6.07) is 6.16. The number of anilines is 1. The van der Waals surface area contributed by atoms with Gasteiger partial charge in [-0.15, -0.1) is 16.4 Å². The van der Waals surface area contributed by atoms with Gasteiger partial charge in [0.1, 0.15) is 14.7 Å². The number of carbonyl (C=O) groups excluding carboxylic acids is 3. The number of imide groups is 1. The Morgan fingerprint density at radius 3 is 2.13 bits per heavy atom. The van der Waals surface area contributed by atoms with E-state index in [1.165, 1.54) is 18.2 Å². The number of nitrogens with one attached hydrogen (secondary N) is 1. The van der Waals surface area contributed by atoms with Crippen LogP contribution in [0.4, 0.5) is 5.69 Å². The Hall–Kier alpha value is -3.82. The van der Waals surface area contributed by atoms with Crippen LogP contribution < -0.4 is 15.2 Å². The Balaban J connectivity index is 1.52. The number of hydrogen-bond donors (Lipinski definition) is 4. The van der Waals surface area contributed by atoms with Crippen molar-refractivity contribution in [2.75, 3.05) is 36.0 Å². The fourth-order valence-electron chi connectivity index (χ4n) is 5.08. The number of rotatable bonds is 19. The predicted octanol–water partition coefficient (Wildman–Crippen LogP) is 1.19. The molecule has 0 aliphatic carbocycles. The lowest BCUT2D eigenvalue weighted by Crippen LogP contribution is -2.33. The van der Waals surface area contributed by atoms with Crippen LogP contribution in [0.25, 0.3) is 21.4 Å². The number of amides is 2. The summed E-state index contributed by atoms with van der Waals surface area (Å²) in [7, 11) is -18.3. The summed E-state index contributed by atoms with van der Waals surface area (Å²) in [5.74, 6) is -3.27. The van der Waals surface area contributed by atoms with Crippen LogP contribution in [0, 0.1) is 0 Å². The molecule has 1 aliphatic rings. The number of hydroxylamine groups is 2. The molecule has 292 valence electrons. The number of fused-ring (bicyclic) bond motifs is 1. The zero-order valence-corrected chi connectivity index (χ0v) is 31.4. The second-order valence-electron chi connectivity index (χ2n) is 11.6. The maximum Gasteiger partial charge on any atom is 0.345 e. The minimum Gasteiger partial charge on any atom is -0.422 e. The molecule has 25 heteroatoms. The maximum atomic E-state index is 13.1. The minimum absolute atomic E-state index is 0.0131. The molecule has 4 rings (SSSR count). The first kappa shape index (κ1) is 41.9. The lowest BCUT2D eigenvalue weighted by Gasteiger charge is -2.25. The van der Waals surface area contributed by atoms with Gasteiger partial charge in [0.25, 0.3) is 32.1 Å². The van der Waals surface area contributed by atoms with Crippen molar-refractivity contribution < 1.29 is 71.0 Å². The average molecular weight is 844 g/mol. The molecule has 53 heavy (non-hydrogen) atoms. The Labute approximate surface area is 307 Å². The van der Waals surface area contributed by atoms with E-state index in [-0.39, 0.29) is 61.1 Å². The number of hydrogen-bond acceptors (Lipinski definition) is 16. The van der Waals surface area contributed by atoms with Gasteiger partial charge in [0.05, 0.1) is 21.9 Å². The zero-order chi connectivity index (χ0) is 39.4. The molecule has 0 radical (unpaired) electrons. The van der Waals surface area contributed by atoms with Crippen LogP contribution >= 0.6 is 11.3 Å². The van der Waals surface area contributed by atoms with Crippen molar-refractivity contribution in [3.8, 4) is 10.4 Å². The highest BCUT2D eigenvalue weighted by Crippen LogP contribution is 2.37. The largest absolute Gasteiger partial charge is 0.422 e. The molecule has 4 N–H and O–H groups in total. The van der Waals surface area contributed by atoms with E-state index in [4.69, 9.17) is 13.8 Å². The molecule has 3 heterocycles. The van der Waals surface area contributed by atoms with E-state index in [1.54, 1.807) is 11.0 Å². The van der Waals surface area contributed by atoms with E-state index < -0.39 is 101 Å². The van der Waals surface area contributed by atoms with Crippen LogP contribution in [0.2, 0.25) is 0 Å². The highest BCUT2D eigenvalue weighted by molar-refractivity contribution is 7.89. The summed E-state index contributed by atoms with van der Waals surface area (Å²) in [6.07, 6.45) is 0.981. The highest BCUT2D eigenvalue weighted by atomic mass is 32.3. The van der Waals surface area contributed by atoms with E-state index in [9.17, 15) is 62.0 Å². The highest BCUT2D eigenvalue weighted by Gasteiger charge is 2.33. The van der Waals surface area contributed by atoms with Crippen LogP contribution in [0.15, 0.2) is 48.6 Å². The SMILES string of the molecule is O=C(CCCCCN(CCCS(=O)(=O)NCCS(=O)(=O)O)c1ccc2cc(-c3sc(S(=O)(=O)O)cc3S(=O)(=O)O)c(=O)oc2c1)ON1C(=O)CCC1=O. The van der Waals surface area contributed by atoms with Crippen LogP contribution in [-0.4, -0.2) is 101 Å². The topological polar surface area (TPSA) is 306 Å². The Morgan fingerprint density at radius 2 is 1.51 bits per heavy atom. The van der Waals surface area contributed by atoms with Crippen molar-refractivity contribution in [3.05, 3.63) is 40.8 Å². The lowest BCUT2D eigenvalue weighted by atomic mass is 10.1. The third-order valence-corrected chi connectivity index (χ3v) is 13.2. The first-order chi connectivity index (χ1) is 24.5. The number of carbonyl (C=O) groups is 3. The van der Waals surface area contributed by atoms with E-state index in [2.05, 4.69) is 4.72 Å². The molecule has 1 saturated heterocycles. The minimum atomic E-state index is -5.06. The number of nitrogens with zero attached hydrogens (tertiary/aromatic N) is 2. The van der Waals surface area contributed by atoms with Crippen LogP contribution in [0.3, 0.4) is 0 Å². The number of thiophene rings is 1. The van der Waals surface area contributed by atoms with Gasteiger partial charge in [-0.25, -0.2) is 22.7 Å². The van der Waals surface area contributed by atoms with Crippen molar-refractivity contribution in [2.24, 2.45) is 0 Å². The molecule has 3 aromatic rings. The van der Waals surface area contributed by atoms with Gasteiger partial charge in [-0.3, -0.25) is 23.2 Å². The van der Waals surface area contributed by atoms with Crippen molar-refractivity contribution in [2.45, 2.75) is 54.1 Å². The second-order valence-corrected chi connectivity index (χ2v) is 19.2. The third-order valence-electron chi connectivity index (χ3n) is 7.57. The molecule has 0 saturated carbocycles. The van der Waals surface area contributed by atoms with Crippen LogP contribution in [-0.2, 0) is 59.6 Å². The normalized spacial score (nSPS) is 14.3. The number of unbranched alkanes of at least 4 members (excludes halogenated alkanes) is 2. The predicted molar refractivity (Wildman–Crippen MR) is 186 cm³/mol. The summed E-state index contributed by atoms with van der Waals surface area (Å²) >= 11 is 0.214. The van der Waals surface area contributed by atoms with Crippen molar-refractivity contribution >= 4 is 86.2 Å². The van der Waals surface area contributed by atoms with Gasteiger partial charge in [-0.1, -0.05) is 6.42 Å². The Morgan fingerprint density at radius 1 is 0.849 bits per heavy atom. The van der Waals surface area contributed by atoms with Crippen LogP contribution in [0.1, 0.15) is 44.9 Å². The van der Waals surface area contributed by atoms with E-state index >= 15 is 0 Å². The molecule has 0 bridgehead atoms. The number of benzene rings is 1. The summed E-state index contributed by atoms with van der Waals surface area (Å²) in [5, 5.41) is 0.673. The summed E-state index contributed by atoms with van der Waals surface area (Å²) in [6.45, 7) is -0.180. The van der Waals surface area contributed by atoms with Gasteiger partial charge in [-0.2, -0.15) is 25.3 Å². The molecule has 2 aromatic heterocycles. The smallest absolute Gasteiger partial charge is 0.345 e. The third kappa shape index (κ3) is 11.8. The van der Waals surface area contributed by atoms with E-state index in [0.717, 1.165) is 0 Å². The molecular formula is C28H33N3O17S5. The molecule has 2 amide bonds. The fraction of sp³-hybridized carbons (Fsp3) is 0.429. The molecule has 20 nitrogen and oxygen atoms in total. The van der Waals surface area contributed by atoms with Crippen molar-refractivity contribution in [1.29, 1.82) is 0 Å². The Bertz CT molecular complexity index is 2390. The van der Waals surface area contributed by atoms with Crippen molar-refractivity contribution in [3.63, 3.8) is 0 Å². The first-order valence-electron chi connectivity index (χ1n) is 15.5. The molecular weight excluding hydrogens is 811 g/mol.